The van der Waals surface area contributed by atoms with Crippen molar-refractivity contribution in [3.63, 3.8) is 0 Å². The number of thioether (sulfide) groups is 1. The molecule has 0 radical (unpaired) electrons. The van der Waals surface area contributed by atoms with Crippen molar-refractivity contribution in [1.82, 2.24) is 10.6 Å². The molecule has 0 bridgehead atoms. The minimum atomic E-state index is 0.498. The van der Waals surface area contributed by atoms with Crippen LogP contribution in [0.2, 0.25) is 0 Å². The third kappa shape index (κ3) is 3.73. The number of rotatable bonds is 5. The number of thiocarbonyl (C=S) groups is 1. The van der Waals surface area contributed by atoms with Gasteiger partial charge in [0, 0.05) is 17.8 Å². The second-order valence-electron chi connectivity index (χ2n) is 3.50. The topological polar surface area (TPSA) is 24.1 Å². The van der Waals surface area contributed by atoms with Crippen molar-refractivity contribution < 1.29 is 0 Å². The van der Waals surface area contributed by atoms with Crippen molar-refractivity contribution in [3.8, 4) is 0 Å². The van der Waals surface area contributed by atoms with Gasteiger partial charge in [-0.1, -0.05) is 6.92 Å². The van der Waals surface area contributed by atoms with Crippen LogP contribution >= 0.6 is 24.0 Å². The van der Waals surface area contributed by atoms with E-state index in [1.807, 2.05) is 11.8 Å². The first-order chi connectivity index (χ1) is 6.22. The highest BCUT2D eigenvalue weighted by Gasteiger charge is 2.41. The van der Waals surface area contributed by atoms with Gasteiger partial charge in [0.05, 0.1) is 0 Å². The molecule has 1 rings (SSSR count). The van der Waals surface area contributed by atoms with Gasteiger partial charge in [-0.2, -0.15) is 11.8 Å². The van der Waals surface area contributed by atoms with Crippen molar-refractivity contribution in [2.45, 2.75) is 30.9 Å². The lowest BCUT2D eigenvalue weighted by atomic mass is 10.4. The van der Waals surface area contributed by atoms with Crippen LogP contribution in [0.1, 0.15) is 26.2 Å². The smallest absolute Gasteiger partial charge is 0.166 e. The van der Waals surface area contributed by atoms with E-state index in [0.29, 0.717) is 4.75 Å². The number of hydrogen-bond acceptors (Lipinski definition) is 2. The van der Waals surface area contributed by atoms with Gasteiger partial charge in [-0.3, -0.25) is 0 Å². The van der Waals surface area contributed by atoms with E-state index >= 15 is 0 Å². The summed E-state index contributed by atoms with van der Waals surface area (Å²) < 4.78 is 0.498. The molecule has 1 aliphatic rings. The maximum absolute atomic E-state index is 5.13. The molecule has 0 spiro atoms. The molecule has 1 saturated carbocycles. The summed E-state index contributed by atoms with van der Waals surface area (Å²) in [6.45, 7) is 4.13. The van der Waals surface area contributed by atoms with E-state index in [1.165, 1.54) is 12.8 Å². The summed E-state index contributed by atoms with van der Waals surface area (Å²) in [5, 5.41) is 7.25. The van der Waals surface area contributed by atoms with E-state index in [9.17, 15) is 0 Å². The zero-order valence-corrected chi connectivity index (χ0v) is 9.99. The Morgan fingerprint density at radius 1 is 1.46 bits per heavy atom. The van der Waals surface area contributed by atoms with Gasteiger partial charge in [-0.25, -0.2) is 0 Å². The fourth-order valence-electron chi connectivity index (χ4n) is 1.13. The summed E-state index contributed by atoms with van der Waals surface area (Å²) in [5.74, 6) is 0. The molecule has 0 unspecified atom stereocenters. The lowest BCUT2D eigenvalue weighted by molar-refractivity contribution is 0.770. The molecule has 4 heteroatoms. The molecule has 0 heterocycles. The zero-order chi connectivity index (χ0) is 9.73. The Bertz CT molecular complexity index is 178. The fourth-order valence-corrected chi connectivity index (χ4v) is 2.04. The molecule has 0 aromatic carbocycles. The van der Waals surface area contributed by atoms with E-state index in [-0.39, 0.29) is 0 Å². The third-order valence-electron chi connectivity index (χ3n) is 2.35. The van der Waals surface area contributed by atoms with E-state index in [0.717, 1.165) is 24.6 Å². The second-order valence-corrected chi connectivity index (χ2v) is 5.18. The van der Waals surface area contributed by atoms with Crippen LogP contribution in [0.15, 0.2) is 0 Å². The Morgan fingerprint density at radius 2 is 2.15 bits per heavy atom. The molecular formula is C9H18N2S2. The molecule has 0 atom stereocenters. The van der Waals surface area contributed by atoms with Crippen LogP contribution in [0.5, 0.6) is 0 Å². The average molecular weight is 218 g/mol. The maximum Gasteiger partial charge on any atom is 0.166 e. The van der Waals surface area contributed by atoms with Crippen LogP contribution in [0.4, 0.5) is 0 Å². The largest absolute Gasteiger partial charge is 0.363 e. The summed E-state index contributed by atoms with van der Waals surface area (Å²) >= 11 is 7.09. The van der Waals surface area contributed by atoms with Gasteiger partial charge in [0.15, 0.2) is 5.11 Å². The average Bonchev–Trinajstić information content (AvgIpc) is 2.92. The maximum atomic E-state index is 5.13. The Balaban J connectivity index is 2.08. The lowest BCUT2D eigenvalue weighted by Crippen LogP contribution is -2.39. The second kappa shape index (κ2) is 5.05. The van der Waals surface area contributed by atoms with Crippen molar-refractivity contribution in [2.75, 3.05) is 19.3 Å². The van der Waals surface area contributed by atoms with Gasteiger partial charge in [-0.05, 0) is 37.7 Å². The molecule has 76 valence electrons. The van der Waals surface area contributed by atoms with Gasteiger partial charge in [0.1, 0.15) is 0 Å². The first kappa shape index (κ1) is 11.1. The molecule has 0 aromatic rings. The molecule has 2 N–H and O–H groups in total. The van der Waals surface area contributed by atoms with Crippen LogP contribution in [-0.4, -0.2) is 29.2 Å². The highest BCUT2D eigenvalue weighted by atomic mass is 32.2. The summed E-state index contributed by atoms with van der Waals surface area (Å²) in [4.78, 5) is 0. The Morgan fingerprint density at radius 3 is 2.62 bits per heavy atom. The minimum absolute atomic E-state index is 0.498. The highest BCUT2D eigenvalue weighted by molar-refractivity contribution is 8.00. The van der Waals surface area contributed by atoms with Gasteiger partial charge in [0.2, 0.25) is 0 Å². The van der Waals surface area contributed by atoms with Crippen LogP contribution < -0.4 is 10.6 Å². The predicted octanol–water partition coefficient (Wildman–Crippen LogP) is 1.76. The van der Waals surface area contributed by atoms with E-state index in [1.54, 1.807) is 0 Å². The molecule has 0 saturated heterocycles. The standard InChI is InChI=1S/C9H18N2S2/c1-3-6-10-8(12)11-7-9(13-2)4-5-9/h3-7H2,1-2H3,(H2,10,11,12). The molecule has 0 aromatic heterocycles. The molecule has 0 amide bonds. The van der Waals surface area contributed by atoms with Gasteiger partial charge >= 0.3 is 0 Å². The first-order valence-electron chi connectivity index (χ1n) is 4.79. The molecule has 1 aliphatic carbocycles. The summed E-state index contributed by atoms with van der Waals surface area (Å²) in [7, 11) is 0. The number of nitrogens with one attached hydrogen (secondary N) is 2. The van der Waals surface area contributed by atoms with Crippen LogP contribution in [0.25, 0.3) is 0 Å². The molecule has 1 fully saturated rings. The summed E-state index contributed by atoms with van der Waals surface area (Å²) in [5.41, 5.74) is 0. The quantitative estimate of drug-likeness (QED) is 0.687. The SMILES string of the molecule is CCCNC(=S)NCC1(SC)CC1. The first-order valence-corrected chi connectivity index (χ1v) is 6.42. The van der Waals surface area contributed by atoms with Crippen LogP contribution in [0.3, 0.4) is 0 Å². The normalized spacial score (nSPS) is 18.0. The van der Waals surface area contributed by atoms with Gasteiger partial charge in [0.25, 0.3) is 0 Å². The highest BCUT2D eigenvalue weighted by Crippen LogP contribution is 2.46. The zero-order valence-electron chi connectivity index (χ0n) is 8.35. The van der Waals surface area contributed by atoms with E-state index < -0.39 is 0 Å². The van der Waals surface area contributed by atoms with Crippen molar-refractivity contribution in [1.29, 1.82) is 0 Å². The molecule has 2 nitrogen and oxygen atoms in total. The monoisotopic (exact) mass is 218 g/mol. The van der Waals surface area contributed by atoms with E-state index in [4.69, 9.17) is 12.2 Å². The fraction of sp³-hybridized carbons (Fsp3) is 0.889. The Labute approximate surface area is 90.2 Å². The Kier molecular flexibility index (Phi) is 4.32. The van der Waals surface area contributed by atoms with Gasteiger partial charge in [-0.15, -0.1) is 0 Å². The van der Waals surface area contributed by atoms with Crippen LogP contribution in [-0.2, 0) is 0 Å². The molecule has 13 heavy (non-hydrogen) atoms. The number of hydrogen-bond donors (Lipinski definition) is 2. The molecular weight excluding hydrogens is 200 g/mol. The Hall–Kier alpha value is 0.0400. The van der Waals surface area contributed by atoms with Crippen molar-refractivity contribution in [3.05, 3.63) is 0 Å². The van der Waals surface area contributed by atoms with Crippen LogP contribution in [0, 0.1) is 0 Å². The lowest BCUT2D eigenvalue weighted by Gasteiger charge is -2.15. The van der Waals surface area contributed by atoms with Crippen molar-refractivity contribution >= 4 is 29.1 Å². The molecule has 0 aliphatic heterocycles. The summed E-state index contributed by atoms with van der Waals surface area (Å²) in [6, 6.07) is 0. The predicted molar refractivity (Wildman–Crippen MR) is 64.4 cm³/mol. The summed E-state index contributed by atoms with van der Waals surface area (Å²) in [6.07, 6.45) is 5.96. The van der Waals surface area contributed by atoms with Gasteiger partial charge < -0.3 is 10.6 Å². The third-order valence-corrected chi connectivity index (χ3v) is 4.05. The minimum Gasteiger partial charge on any atom is -0.363 e. The van der Waals surface area contributed by atoms with Crippen molar-refractivity contribution in [2.24, 2.45) is 0 Å². The van der Waals surface area contributed by atoms with E-state index in [2.05, 4.69) is 23.8 Å².